The highest BCUT2D eigenvalue weighted by Gasteiger charge is 2.14. The minimum absolute atomic E-state index is 0.0447. The van der Waals surface area contributed by atoms with E-state index in [1.54, 1.807) is 18.4 Å². The number of nitrogens with one attached hydrogen (secondary N) is 1. The predicted molar refractivity (Wildman–Crippen MR) is 106 cm³/mol. The fraction of sp³-hybridized carbons (Fsp3) is 0.500. The standard InChI is InChI=1S/C20H27N3O3S/c1-15(16-3-5-18(25-2)6-4-16)11-19(24)21-12-20-22-17(14-27-20)13-23-7-9-26-10-8-23/h3-6,14-15H,7-13H2,1-2H3,(H,21,24). The summed E-state index contributed by atoms with van der Waals surface area (Å²) in [6.45, 7) is 6.88. The van der Waals surface area contributed by atoms with Gasteiger partial charge in [0, 0.05) is 31.4 Å². The van der Waals surface area contributed by atoms with E-state index in [9.17, 15) is 4.79 Å². The summed E-state index contributed by atoms with van der Waals surface area (Å²) >= 11 is 1.60. The van der Waals surface area contributed by atoms with Crippen LogP contribution in [0.5, 0.6) is 5.75 Å². The summed E-state index contributed by atoms with van der Waals surface area (Å²) in [6, 6.07) is 7.87. The van der Waals surface area contributed by atoms with Crippen LogP contribution >= 0.6 is 11.3 Å². The molecule has 1 atom stereocenters. The number of amides is 1. The van der Waals surface area contributed by atoms with Gasteiger partial charge in [0.1, 0.15) is 10.8 Å². The number of thiazole rings is 1. The smallest absolute Gasteiger partial charge is 0.220 e. The Hall–Kier alpha value is -1.96. The van der Waals surface area contributed by atoms with Crippen LogP contribution in [0.15, 0.2) is 29.6 Å². The number of nitrogens with zero attached hydrogens (tertiary/aromatic N) is 2. The van der Waals surface area contributed by atoms with Crippen molar-refractivity contribution in [3.05, 3.63) is 45.9 Å². The summed E-state index contributed by atoms with van der Waals surface area (Å²) in [5.41, 5.74) is 2.20. The van der Waals surface area contributed by atoms with Crippen molar-refractivity contribution in [3.8, 4) is 5.75 Å². The first-order valence-corrected chi connectivity index (χ1v) is 10.2. The quantitative estimate of drug-likeness (QED) is 0.752. The molecular weight excluding hydrogens is 362 g/mol. The van der Waals surface area contributed by atoms with Gasteiger partial charge in [0.05, 0.1) is 32.6 Å². The van der Waals surface area contributed by atoms with Crippen molar-refractivity contribution < 1.29 is 14.3 Å². The van der Waals surface area contributed by atoms with Gasteiger partial charge in [0.15, 0.2) is 0 Å². The average Bonchev–Trinajstić information content (AvgIpc) is 3.14. The summed E-state index contributed by atoms with van der Waals surface area (Å²) in [5.74, 6) is 1.03. The molecule has 0 radical (unpaired) electrons. The Morgan fingerprint density at radius 2 is 2.07 bits per heavy atom. The second-order valence-electron chi connectivity index (χ2n) is 6.78. The van der Waals surface area contributed by atoms with E-state index in [0.717, 1.165) is 54.9 Å². The molecule has 1 aromatic heterocycles. The average molecular weight is 390 g/mol. The molecule has 146 valence electrons. The zero-order chi connectivity index (χ0) is 19.1. The Kier molecular flexibility index (Phi) is 7.20. The predicted octanol–water partition coefficient (Wildman–Crippen LogP) is 2.79. The first-order valence-electron chi connectivity index (χ1n) is 9.28. The van der Waals surface area contributed by atoms with E-state index in [1.807, 2.05) is 24.3 Å². The number of hydrogen-bond acceptors (Lipinski definition) is 6. The molecule has 1 amide bonds. The number of rotatable bonds is 8. The second-order valence-corrected chi connectivity index (χ2v) is 7.72. The Bertz CT molecular complexity index is 726. The van der Waals surface area contributed by atoms with Gasteiger partial charge in [-0.1, -0.05) is 19.1 Å². The van der Waals surface area contributed by atoms with Gasteiger partial charge in [0.25, 0.3) is 0 Å². The van der Waals surface area contributed by atoms with Crippen molar-refractivity contribution in [2.45, 2.75) is 32.4 Å². The third-order valence-electron chi connectivity index (χ3n) is 4.70. The Balaban J connectivity index is 1.43. The summed E-state index contributed by atoms with van der Waals surface area (Å²) in [4.78, 5) is 19.3. The van der Waals surface area contributed by atoms with Crippen molar-refractivity contribution >= 4 is 17.2 Å². The number of methoxy groups -OCH3 is 1. The molecule has 1 saturated heterocycles. The van der Waals surface area contributed by atoms with Gasteiger partial charge in [-0.05, 0) is 23.6 Å². The molecule has 2 heterocycles. The number of aromatic nitrogens is 1. The molecule has 6 nitrogen and oxygen atoms in total. The number of hydrogen-bond donors (Lipinski definition) is 1. The topological polar surface area (TPSA) is 63.7 Å². The number of carbonyl (C=O) groups excluding carboxylic acids is 1. The molecule has 1 aliphatic heterocycles. The molecule has 2 aromatic rings. The minimum Gasteiger partial charge on any atom is -0.497 e. The fourth-order valence-electron chi connectivity index (χ4n) is 3.07. The van der Waals surface area contributed by atoms with Crippen molar-refractivity contribution in [1.82, 2.24) is 15.2 Å². The zero-order valence-electron chi connectivity index (χ0n) is 15.9. The lowest BCUT2D eigenvalue weighted by atomic mass is 9.97. The Labute approximate surface area is 164 Å². The lowest BCUT2D eigenvalue weighted by molar-refractivity contribution is -0.121. The van der Waals surface area contributed by atoms with Crippen molar-refractivity contribution in [3.63, 3.8) is 0 Å². The third-order valence-corrected chi connectivity index (χ3v) is 5.60. The lowest BCUT2D eigenvalue weighted by Gasteiger charge is -2.25. The van der Waals surface area contributed by atoms with Crippen LogP contribution in [0.3, 0.4) is 0 Å². The highest BCUT2D eigenvalue weighted by atomic mass is 32.1. The van der Waals surface area contributed by atoms with Crippen LogP contribution in [0, 0.1) is 0 Å². The highest BCUT2D eigenvalue weighted by molar-refractivity contribution is 7.09. The number of carbonyl (C=O) groups is 1. The van der Waals surface area contributed by atoms with Crippen LogP contribution in [-0.2, 0) is 22.6 Å². The molecule has 0 aliphatic carbocycles. The van der Waals surface area contributed by atoms with Crippen molar-refractivity contribution in [2.24, 2.45) is 0 Å². The number of ether oxygens (including phenoxy) is 2. The van der Waals surface area contributed by atoms with E-state index < -0.39 is 0 Å². The second kappa shape index (κ2) is 9.82. The van der Waals surface area contributed by atoms with E-state index in [4.69, 9.17) is 9.47 Å². The van der Waals surface area contributed by atoms with Gasteiger partial charge in [0.2, 0.25) is 5.91 Å². The van der Waals surface area contributed by atoms with Crippen molar-refractivity contribution in [2.75, 3.05) is 33.4 Å². The first kappa shape index (κ1) is 19.8. The Morgan fingerprint density at radius 3 is 2.78 bits per heavy atom. The maximum absolute atomic E-state index is 12.3. The summed E-state index contributed by atoms with van der Waals surface area (Å²) in [6.07, 6.45) is 0.457. The maximum Gasteiger partial charge on any atom is 0.220 e. The summed E-state index contributed by atoms with van der Waals surface area (Å²) in [7, 11) is 1.65. The minimum atomic E-state index is 0.0447. The van der Waals surface area contributed by atoms with Crippen LogP contribution < -0.4 is 10.1 Å². The number of benzene rings is 1. The molecule has 1 unspecified atom stereocenters. The monoisotopic (exact) mass is 389 g/mol. The van der Waals surface area contributed by atoms with Crippen LogP contribution in [0.4, 0.5) is 0 Å². The molecule has 1 aliphatic rings. The van der Waals surface area contributed by atoms with Crippen LogP contribution in [0.1, 0.15) is 35.5 Å². The van der Waals surface area contributed by atoms with E-state index in [1.165, 1.54) is 0 Å². The highest BCUT2D eigenvalue weighted by Crippen LogP contribution is 2.22. The SMILES string of the molecule is COc1ccc(C(C)CC(=O)NCc2nc(CN3CCOCC3)cs2)cc1. The molecular formula is C20H27N3O3S. The van der Waals surface area contributed by atoms with E-state index in [-0.39, 0.29) is 11.8 Å². The molecule has 0 spiro atoms. The molecule has 27 heavy (non-hydrogen) atoms. The van der Waals surface area contributed by atoms with E-state index in [0.29, 0.717) is 13.0 Å². The normalized spacial score (nSPS) is 16.1. The third kappa shape index (κ3) is 6.02. The van der Waals surface area contributed by atoms with Gasteiger partial charge in [-0.3, -0.25) is 9.69 Å². The molecule has 7 heteroatoms. The molecule has 0 saturated carbocycles. The molecule has 0 bridgehead atoms. The lowest BCUT2D eigenvalue weighted by Crippen LogP contribution is -2.35. The van der Waals surface area contributed by atoms with E-state index in [2.05, 4.69) is 27.5 Å². The molecule has 3 rings (SSSR count). The fourth-order valence-corrected chi connectivity index (χ4v) is 3.79. The molecule has 1 aromatic carbocycles. The van der Waals surface area contributed by atoms with Gasteiger partial charge in [-0.2, -0.15) is 0 Å². The summed E-state index contributed by atoms with van der Waals surface area (Å²) < 4.78 is 10.5. The first-order chi connectivity index (χ1) is 13.1. The molecule has 1 fully saturated rings. The van der Waals surface area contributed by atoms with Gasteiger partial charge in [-0.25, -0.2) is 4.98 Å². The van der Waals surface area contributed by atoms with Crippen LogP contribution in [0.25, 0.3) is 0 Å². The maximum atomic E-state index is 12.3. The largest absolute Gasteiger partial charge is 0.497 e. The van der Waals surface area contributed by atoms with Crippen molar-refractivity contribution in [1.29, 1.82) is 0 Å². The van der Waals surface area contributed by atoms with Gasteiger partial charge >= 0.3 is 0 Å². The van der Waals surface area contributed by atoms with E-state index >= 15 is 0 Å². The zero-order valence-corrected chi connectivity index (χ0v) is 16.8. The van der Waals surface area contributed by atoms with Gasteiger partial charge in [-0.15, -0.1) is 11.3 Å². The van der Waals surface area contributed by atoms with Gasteiger partial charge < -0.3 is 14.8 Å². The van der Waals surface area contributed by atoms with Crippen LogP contribution in [-0.4, -0.2) is 49.2 Å². The Morgan fingerprint density at radius 1 is 1.33 bits per heavy atom. The number of morpholine rings is 1. The van der Waals surface area contributed by atoms with Crippen LogP contribution in [0.2, 0.25) is 0 Å². The summed E-state index contributed by atoms with van der Waals surface area (Å²) in [5, 5.41) is 6.02. The molecule has 1 N–H and O–H groups in total.